The second kappa shape index (κ2) is 6.66. The number of ketones is 1. The van der Waals surface area contributed by atoms with Crippen LogP contribution in [0.5, 0.6) is 11.5 Å². The standard InChI is InChI=1S/C13H18NO3S/c1-8-6-9(12(17-2)7-11(8)15)13(16)10(14)4-5-18-3/h6-7,10,15H,1,4-5,14H2,2-3H3/t10-/m0/s1. The van der Waals surface area contributed by atoms with Gasteiger partial charge in [-0.2, -0.15) is 11.8 Å². The molecule has 1 aromatic rings. The van der Waals surface area contributed by atoms with E-state index < -0.39 is 6.04 Å². The molecule has 18 heavy (non-hydrogen) atoms. The molecule has 1 atom stereocenters. The van der Waals surface area contributed by atoms with Gasteiger partial charge in [-0.05, 0) is 37.0 Å². The lowest BCUT2D eigenvalue weighted by atomic mass is 9.99. The third-order valence-corrected chi connectivity index (χ3v) is 3.28. The minimum absolute atomic E-state index is 0.00100. The number of hydrogen-bond acceptors (Lipinski definition) is 5. The number of benzene rings is 1. The molecule has 0 aliphatic rings. The van der Waals surface area contributed by atoms with Crippen molar-refractivity contribution in [2.45, 2.75) is 12.5 Å². The summed E-state index contributed by atoms with van der Waals surface area (Å²) in [5.74, 6) is 0.959. The molecule has 0 saturated carbocycles. The van der Waals surface area contributed by atoms with Crippen LogP contribution in [-0.4, -0.2) is 36.1 Å². The first-order valence-electron chi connectivity index (χ1n) is 5.53. The van der Waals surface area contributed by atoms with E-state index in [1.807, 2.05) is 6.26 Å². The lowest BCUT2D eigenvalue weighted by Gasteiger charge is -2.14. The molecule has 0 aliphatic carbocycles. The maximum atomic E-state index is 12.2. The Bertz CT molecular complexity index is 434. The molecule has 4 nitrogen and oxygen atoms in total. The number of carbonyl (C=O) groups excluding carboxylic acids is 1. The number of phenolic OH excluding ortho intramolecular Hbond substituents is 1. The quantitative estimate of drug-likeness (QED) is 0.770. The van der Waals surface area contributed by atoms with Crippen LogP contribution < -0.4 is 10.5 Å². The smallest absolute Gasteiger partial charge is 0.183 e. The Morgan fingerprint density at radius 1 is 1.61 bits per heavy atom. The van der Waals surface area contributed by atoms with Crippen LogP contribution in [-0.2, 0) is 0 Å². The van der Waals surface area contributed by atoms with Gasteiger partial charge in [0.15, 0.2) is 5.78 Å². The number of thioether (sulfide) groups is 1. The molecule has 0 bridgehead atoms. The van der Waals surface area contributed by atoms with E-state index >= 15 is 0 Å². The third kappa shape index (κ3) is 3.40. The Labute approximate surface area is 112 Å². The van der Waals surface area contributed by atoms with Crippen LogP contribution in [0.15, 0.2) is 12.1 Å². The predicted octanol–water partition coefficient (Wildman–Crippen LogP) is 1.85. The van der Waals surface area contributed by atoms with Crippen LogP contribution in [0.1, 0.15) is 22.3 Å². The third-order valence-electron chi connectivity index (χ3n) is 2.64. The number of rotatable bonds is 6. The lowest BCUT2D eigenvalue weighted by Crippen LogP contribution is -2.31. The van der Waals surface area contributed by atoms with Gasteiger partial charge in [0.1, 0.15) is 11.5 Å². The molecule has 5 heteroatoms. The molecule has 1 aromatic carbocycles. The number of carbonyl (C=O) groups is 1. The van der Waals surface area contributed by atoms with Gasteiger partial charge in [-0.15, -0.1) is 0 Å². The molecule has 99 valence electrons. The maximum Gasteiger partial charge on any atom is 0.183 e. The average molecular weight is 268 g/mol. The molecular formula is C13H18NO3S. The van der Waals surface area contributed by atoms with Gasteiger partial charge in [0.2, 0.25) is 0 Å². The molecule has 0 spiro atoms. The van der Waals surface area contributed by atoms with Crippen LogP contribution in [0.3, 0.4) is 0 Å². The lowest BCUT2D eigenvalue weighted by molar-refractivity contribution is 0.0957. The van der Waals surface area contributed by atoms with Crippen LogP contribution in [0, 0.1) is 6.92 Å². The van der Waals surface area contributed by atoms with Crippen molar-refractivity contribution in [3.05, 3.63) is 30.2 Å². The summed E-state index contributed by atoms with van der Waals surface area (Å²) in [6, 6.07) is 2.34. The van der Waals surface area contributed by atoms with E-state index in [0.29, 0.717) is 23.3 Å². The molecule has 0 aliphatic heterocycles. The molecule has 0 fully saturated rings. The molecule has 0 saturated heterocycles. The number of hydrogen-bond donors (Lipinski definition) is 2. The van der Waals surface area contributed by atoms with Crippen molar-refractivity contribution in [1.29, 1.82) is 0 Å². The fourth-order valence-corrected chi connectivity index (χ4v) is 2.04. The average Bonchev–Trinajstić information content (AvgIpc) is 2.37. The zero-order valence-corrected chi connectivity index (χ0v) is 11.4. The number of nitrogens with two attached hydrogens (primary N) is 1. The van der Waals surface area contributed by atoms with Crippen molar-refractivity contribution in [2.75, 3.05) is 19.1 Å². The fourth-order valence-electron chi connectivity index (χ4n) is 1.55. The monoisotopic (exact) mass is 268 g/mol. The molecular weight excluding hydrogens is 250 g/mol. The predicted molar refractivity (Wildman–Crippen MR) is 74.4 cm³/mol. The summed E-state index contributed by atoms with van der Waals surface area (Å²) < 4.78 is 5.09. The van der Waals surface area contributed by atoms with Gasteiger partial charge in [0, 0.05) is 6.07 Å². The highest BCUT2D eigenvalue weighted by Gasteiger charge is 2.20. The van der Waals surface area contributed by atoms with E-state index in [0.717, 1.165) is 5.75 Å². The van der Waals surface area contributed by atoms with E-state index in [2.05, 4.69) is 6.92 Å². The van der Waals surface area contributed by atoms with Gasteiger partial charge in [-0.25, -0.2) is 0 Å². The van der Waals surface area contributed by atoms with Crippen LogP contribution in [0.4, 0.5) is 0 Å². The number of aromatic hydroxyl groups is 1. The van der Waals surface area contributed by atoms with E-state index in [4.69, 9.17) is 10.5 Å². The van der Waals surface area contributed by atoms with Crippen molar-refractivity contribution in [2.24, 2.45) is 5.73 Å². The highest BCUT2D eigenvalue weighted by molar-refractivity contribution is 7.98. The number of methoxy groups -OCH3 is 1. The van der Waals surface area contributed by atoms with Crippen molar-refractivity contribution in [3.8, 4) is 11.5 Å². The summed E-state index contributed by atoms with van der Waals surface area (Å²) in [7, 11) is 1.45. The number of ether oxygens (including phenoxy) is 1. The van der Waals surface area contributed by atoms with E-state index in [9.17, 15) is 9.90 Å². The van der Waals surface area contributed by atoms with Crippen LogP contribution in [0.2, 0.25) is 0 Å². The second-order valence-corrected chi connectivity index (χ2v) is 4.92. The summed E-state index contributed by atoms with van der Waals surface area (Å²) >= 11 is 1.64. The van der Waals surface area contributed by atoms with E-state index in [1.54, 1.807) is 11.8 Å². The zero-order valence-electron chi connectivity index (χ0n) is 10.6. The Balaban J connectivity index is 3.00. The molecule has 0 heterocycles. The van der Waals surface area contributed by atoms with Gasteiger partial charge in [-0.1, -0.05) is 0 Å². The second-order valence-electron chi connectivity index (χ2n) is 3.93. The Morgan fingerprint density at radius 3 is 2.83 bits per heavy atom. The molecule has 3 N–H and O–H groups in total. The minimum atomic E-state index is -0.560. The van der Waals surface area contributed by atoms with Gasteiger partial charge in [-0.3, -0.25) is 4.79 Å². The number of phenols is 1. The minimum Gasteiger partial charge on any atom is -0.508 e. The SMILES string of the molecule is [CH2]c1cc(C(=O)[C@@H](N)CCSC)c(OC)cc1O. The normalized spacial score (nSPS) is 12.2. The van der Waals surface area contributed by atoms with Crippen LogP contribution in [0.25, 0.3) is 0 Å². The van der Waals surface area contributed by atoms with E-state index in [1.165, 1.54) is 19.2 Å². The summed E-state index contributed by atoms with van der Waals surface area (Å²) in [5, 5.41) is 9.53. The molecule has 0 amide bonds. The molecule has 1 rings (SSSR count). The Kier molecular flexibility index (Phi) is 5.50. The summed E-state index contributed by atoms with van der Waals surface area (Å²) in [4.78, 5) is 12.2. The summed E-state index contributed by atoms with van der Waals surface area (Å²) in [6.07, 6.45) is 2.57. The van der Waals surface area contributed by atoms with E-state index in [-0.39, 0.29) is 11.5 Å². The van der Waals surface area contributed by atoms with Crippen LogP contribution >= 0.6 is 11.8 Å². The molecule has 0 aromatic heterocycles. The highest BCUT2D eigenvalue weighted by Crippen LogP contribution is 2.28. The Hall–Kier alpha value is -1.20. The first kappa shape index (κ1) is 14.9. The van der Waals surface area contributed by atoms with Crippen molar-refractivity contribution < 1.29 is 14.6 Å². The highest BCUT2D eigenvalue weighted by atomic mass is 32.2. The Morgan fingerprint density at radius 2 is 2.28 bits per heavy atom. The van der Waals surface area contributed by atoms with Gasteiger partial charge in [0.25, 0.3) is 0 Å². The van der Waals surface area contributed by atoms with Gasteiger partial charge in [0.05, 0.1) is 18.7 Å². The summed E-state index contributed by atoms with van der Waals surface area (Å²) in [5.41, 5.74) is 6.60. The van der Waals surface area contributed by atoms with Gasteiger partial charge >= 0.3 is 0 Å². The zero-order chi connectivity index (χ0) is 13.7. The largest absolute Gasteiger partial charge is 0.508 e. The van der Waals surface area contributed by atoms with Gasteiger partial charge < -0.3 is 15.6 Å². The topological polar surface area (TPSA) is 72.6 Å². The maximum absolute atomic E-state index is 12.2. The fraction of sp³-hybridized carbons (Fsp3) is 0.385. The van der Waals surface area contributed by atoms with Crippen molar-refractivity contribution in [3.63, 3.8) is 0 Å². The molecule has 0 unspecified atom stereocenters. The van der Waals surface area contributed by atoms with Crippen molar-refractivity contribution >= 4 is 17.5 Å². The number of Topliss-reactive ketones (excluding diaryl/α,β-unsaturated/α-hetero) is 1. The van der Waals surface area contributed by atoms with Crippen molar-refractivity contribution in [1.82, 2.24) is 0 Å². The first-order valence-corrected chi connectivity index (χ1v) is 6.92. The summed E-state index contributed by atoms with van der Waals surface area (Å²) in [6.45, 7) is 3.66. The first-order chi connectivity index (χ1) is 8.51. The molecule has 1 radical (unpaired) electrons.